The Balaban J connectivity index is 3.20. The number of carboxylic acid groups (broad SMARTS) is 1. The molecule has 0 aromatic carbocycles. The number of alkyl halides is 3. The van der Waals surface area contributed by atoms with E-state index < -0.39 is 18.1 Å². The summed E-state index contributed by atoms with van der Waals surface area (Å²) in [6, 6.07) is 0.805. The third-order valence-corrected chi connectivity index (χ3v) is 2.40. The van der Waals surface area contributed by atoms with Crippen LogP contribution in [0.2, 0.25) is 0 Å². The van der Waals surface area contributed by atoms with E-state index in [0.717, 1.165) is 6.07 Å². The monoisotopic (exact) mass is 347 g/mol. The van der Waals surface area contributed by atoms with Crippen molar-refractivity contribution in [3.8, 4) is 5.75 Å². The Labute approximate surface area is 102 Å². The van der Waals surface area contributed by atoms with Crippen LogP contribution in [-0.2, 0) is 0 Å². The lowest BCUT2D eigenvalue weighted by atomic mass is 10.2. The van der Waals surface area contributed by atoms with Crippen molar-refractivity contribution in [2.45, 2.75) is 13.3 Å². The molecule has 4 nitrogen and oxygen atoms in total. The number of rotatable bonds is 2. The van der Waals surface area contributed by atoms with E-state index in [1.165, 1.54) is 6.92 Å². The summed E-state index contributed by atoms with van der Waals surface area (Å²) in [7, 11) is 0. The predicted octanol–water partition coefficient (Wildman–Crippen LogP) is 2.59. The van der Waals surface area contributed by atoms with E-state index in [-0.39, 0.29) is 15.0 Å². The molecule has 0 aliphatic rings. The van der Waals surface area contributed by atoms with Gasteiger partial charge in [-0.15, -0.1) is 13.2 Å². The fraction of sp³-hybridized carbons (Fsp3) is 0.250. The highest BCUT2D eigenvalue weighted by molar-refractivity contribution is 14.1. The van der Waals surface area contributed by atoms with Crippen LogP contribution < -0.4 is 4.74 Å². The minimum absolute atomic E-state index is 0.0216. The molecule has 1 aromatic heterocycles. The number of hydrogen-bond acceptors (Lipinski definition) is 3. The first-order chi connectivity index (χ1) is 7.20. The Morgan fingerprint density at radius 2 is 2.12 bits per heavy atom. The number of aromatic carboxylic acids is 1. The van der Waals surface area contributed by atoms with Crippen LogP contribution >= 0.6 is 22.6 Å². The molecule has 0 radical (unpaired) electrons. The van der Waals surface area contributed by atoms with Gasteiger partial charge in [-0.05, 0) is 35.6 Å². The zero-order valence-electron chi connectivity index (χ0n) is 7.80. The maximum atomic E-state index is 12.0. The lowest BCUT2D eigenvalue weighted by Gasteiger charge is -2.11. The highest BCUT2D eigenvalue weighted by Gasteiger charge is 2.32. The van der Waals surface area contributed by atoms with Crippen LogP contribution in [0.1, 0.15) is 16.1 Å². The standard InChI is InChI=1S/C8H5F3INO3/c1-3-5(16-8(9,10)11)2-4(7(14)15)6(12)13-3/h2H,1H3,(H,14,15). The van der Waals surface area contributed by atoms with Gasteiger partial charge in [-0.1, -0.05) is 0 Å². The second kappa shape index (κ2) is 4.44. The number of nitrogens with zero attached hydrogens (tertiary/aromatic N) is 1. The van der Waals surface area contributed by atoms with Crippen molar-refractivity contribution in [2.24, 2.45) is 0 Å². The van der Waals surface area contributed by atoms with E-state index in [9.17, 15) is 18.0 Å². The van der Waals surface area contributed by atoms with Crippen LogP contribution in [0.3, 0.4) is 0 Å². The average Bonchev–Trinajstić information content (AvgIpc) is 2.07. The molecular formula is C8H5F3INO3. The number of halogens is 4. The SMILES string of the molecule is Cc1nc(I)c(C(=O)O)cc1OC(F)(F)F. The second-order valence-corrected chi connectivity index (χ2v) is 3.79. The summed E-state index contributed by atoms with van der Waals surface area (Å²) in [5, 5.41) is 8.70. The predicted molar refractivity (Wildman–Crippen MR) is 55.3 cm³/mol. The Hall–Kier alpha value is -1.06. The van der Waals surface area contributed by atoms with Crippen molar-refractivity contribution in [2.75, 3.05) is 0 Å². The number of aromatic nitrogens is 1. The first kappa shape index (κ1) is 13.0. The van der Waals surface area contributed by atoms with Gasteiger partial charge in [0.05, 0.1) is 11.3 Å². The molecule has 1 rings (SSSR count). The van der Waals surface area contributed by atoms with Crippen molar-refractivity contribution in [3.05, 3.63) is 21.0 Å². The number of hydrogen-bond donors (Lipinski definition) is 1. The molecule has 16 heavy (non-hydrogen) atoms. The third-order valence-electron chi connectivity index (χ3n) is 1.58. The number of pyridine rings is 1. The largest absolute Gasteiger partial charge is 0.573 e. The molecule has 0 saturated heterocycles. The van der Waals surface area contributed by atoms with Gasteiger partial charge in [0, 0.05) is 0 Å². The maximum Gasteiger partial charge on any atom is 0.573 e. The van der Waals surface area contributed by atoms with Crippen LogP contribution in [0, 0.1) is 10.6 Å². The molecule has 0 saturated carbocycles. The highest BCUT2D eigenvalue weighted by Crippen LogP contribution is 2.27. The molecule has 1 N–H and O–H groups in total. The molecule has 0 aliphatic heterocycles. The van der Waals surface area contributed by atoms with Crippen LogP contribution in [0.15, 0.2) is 6.07 Å². The van der Waals surface area contributed by atoms with Gasteiger partial charge in [-0.3, -0.25) is 0 Å². The summed E-state index contributed by atoms with van der Waals surface area (Å²) < 4.78 is 39.6. The number of ether oxygens (including phenoxy) is 1. The molecule has 0 bridgehead atoms. The minimum Gasteiger partial charge on any atom is -0.478 e. The molecule has 0 spiro atoms. The summed E-state index contributed by atoms with van der Waals surface area (Å²) in [6.45, 7) is 1.30. The molecule has 88 valence electrons. The summed E-state index contributed by atoms with van der Waals surface area (Å²) in [4.78, 5) is 14.3. The van der Waals surface area contributed by atoms with E-state index in [0.29, 0.717) is 0 Å². The zero-order chi connectivity index (χ0) is 12.5. The molecule has 8 heteroatoms. The van der Waals surface area contributed by atoms with Gasteiger partial charge in [-0.2, -0.15) is 0 Å². The van der Waals surface area contributed by atoms with Crippen molar-refractivity contribution < 1.29 is 27.8 Å². The topological polar surface area (TPSA) is 59.4 Å². The molecule has 0 fully saturated rings. The van der Waals surface area contributed by atoms with Gasteiger partial charge in [0.1, 0.15) is 3.70 Å². The first-order valence-corrected chi connectivity index (χ1v) is 4.95. The van der Waals surface area contributed by atoms with E-state index in [1.54, 1.807) is 22.6 Å². The van der Waals surface area contributed by atoms with E-state index >= 15 is 0 Å². The minimum atomic E-state index is -4.87. The van der Waals surface area contributed by atoms with Gasteiger partial charge in [0.15, 0.2) is 5.75 Å². The Morgan fingerprint density at radius 3 is 2.56 bits per heavy atom. The van der Waals surface area contributed by atoms with Gasteiger partial charge in [-0.25, -0.2) is 9.78 Å². The molecule has 0 amide bonds. The van der Waals surface area contributed by atoms with E-state index in [2.05, 4.69) is 9.72 Å². The summed E-state index contributed by atoms with van der Waals surface area (Å²) in [5.41, 5.74) is -0.350. The van der Waals surface area contributed by atoms with Crippen molar-refractivity contribution >= 4 is 28.6 Å². The van der Waals surface area contributed by atoms with Crippen molar-refractivity contribution in [3.63, 3.8) is 0 Å². The molecule has 1 heterocycles. The molecule has 1 aromatic rings. The van der Waals surface area contributed by atoms with Crippen LogP contribution in [-0.4, -0.2) is 22.4 Å². The number of aryl methyl sites for hydroxylation is 1. The molecule has 0 unspecified atom stereocenters. The summed E-state index contributed by atoms with van der Waals surface area (Å²) in [5.74, 6) is -1.96. The lowest BCUT2D eigenvalue weighted by Crippen LogP contribution is -2.19. The van der Waals surface area contributed by atoms with Crippen LogP contribution in [0.5, 0.6) is 5.75 Å². The normalized spacial score (nSPS) is 11.3. The van der Waals surface area contributed by atoms with Crippen LogP contribution in [0.4, 0.5) is 13.2 Å². The molecular weight excluding hydrogens is 342 g/mol. The highest BCUT2D eigenvalue weighted by atomic mass is 127. The van der Waals surface area contributed by atoms with Crippen LogP contribution in [0.25, 0.3) is 0 Å². The summed E-state index contributed by atoms with van der Waals surface area (Å²) in [6.07, 6.45) is -4.87. The average molecular weight is 347 g/mol. The quantitative estimate of drug-likeness (QED) is 0.660. The zero-order valence-corrected chi connectivity index (χ0v) is 9.96. The lowest BCUT2D eigenvalue weighted by molar-refractivity contribution is -0.275. The van der Waals surface area contributed by atoms with Crippen molar-refractivity contribution in [1.82, 2.24) is 4.98 Å². The Kier molecular flexibility index (Phi) is 3.61. The van der Waals surface area contributed by atoms with E-state index in [4.69, 9.17) is 5.11 Å². The maximum absolute atomic E-state index is 12.0. The third kappa shape index (κ3) is 3.22. The number of carboxylic acids is 1. The second-order valence-electron chi connectivity index (χ2n) is 2.76. The molecule has 0 atom stereocenters. The van der Waals surface area contributed by atoms with E-state index in [1.807, 2.05) is 0 Å². The first-order valence-electron chi connectivity index (χ1n) is 3.87. The fourth-order valence-electron chi connectivity index (χ4n) is 0.936. The Morgan fingerprint density at radius 1 is 1.56 bits per heavy atom. The fourth-order valence-corrected chi connectivity index (χ4v) is 1.68. The molecule has 0 aliphatic carbocycles. The number of carbonyl (C=O) groups is 1. The smallest absolute Gasteiger partial charge is 0.478 e. The van der Waals surface area contributed by atoms with Gasteiger partial charge in [0.2, 0.25) is 0 Å². The van der Waals surface area contributed by atoms with Gasteiger partial charge >= 0.3 is 12.3 Å². The Bertz CT molecular complexity index is 433. The van der Waals surface area contributed by atoms with Gasteiger partial charge in [0.25, 0.3) is 0 Å². The summed E-state index contributed by atoms with van der Waals surface area (Å²) >= 11 is 1.63. The van der Waals surface area contributed by atoms with Crippen molar-refractivity contribution in [1.29, 1.82) is 0 Å². The van der Waals surface area contributed by atoms with Gasteiger partial charge < -0.3 is 9.84 Å².